The maximum Gasteiger partial charge on any atom is 0.0575 e. The Labute approximate surface area is 137 Å². The Morgan fingerprint density at radius 1 is 1.00 bits per heavy atom. The van der Waals surface area contributed by atoms with Crippen molar-refractivity contribution >= 4 is 45.8 Å². The molecule has 0 amide bonds. The Morgan fingerprint density at radius 3 is 2.11 bits per heavy atom. The van der Waals surface area contributed by atoms with Crippen LogP contribution in [0.3, 0.4) is 0 Å². The third-order valence-corrected chi connectivity index (χ3v) is 5.07. The van der Waals surface area contributed by atoms with Gasteiger partial charge in [0.15, 0.2) is 0 Å². The Hall–Kier alpha value is -0.290. The standard InChI is InChI=1S/C15H14Cl2IN/c1-9-3-4-10(7-12(9)16)15(19-2)11-5-6-14(18)13(17)8-11/h3-8,15,19H,1-2H3. The van der Waals surface area contributed by atoms with E-state index >= 15 is 0 Å². The number of hydrogen-bond acceptors (Lipinski definition) is 1. The summed E-state index contributed by atoms with van der Waals surface area (Å²) in [5.74, 6) is 0. The molecule has 0 heterocycles. The van der Waals surface area contributed by atoms with E-state index in [0.717, 1.165) is 30.3 Å². The summed E-state index contributed by atoms with van der Waals surface area (Å²) in [6, 6.07) is 12.3. The third-order valence-electron chi connectivity index (χ3n) is 3.09. The fourth-order valence-corrected chi connectivity index (χ4v) is 2.72. The highest BCUT2D eigenvalue weighted by atomic mass is 127. The molecule has 19 heavy (non-hydrogen) atoms. The van der Waals surface area contributed by atoms with Gasteiger partial charge in [0, 0.05) is 8.59 Å². The summed E-state index contributed by atoms with van der Waals surface area (Å²) in [6.45, 7) is 2.00. The molecular formula is C15H14Cl2IN. The highest BCUT2D eigenvalue weighted by Gasteiger charge is 2.14. The molecule has 2 rings (SSSR count). The van der Waals surface area contributed by atoms with Crippen LogP contribution in [0.1, 0.15) is 22.7 Å². The molecule has 1 N–H and O–H groups in total. The van der Waals surface area contributed by atoms with Crippen LogP contribution >= 0.6 is 45.8 Å². The smallest absolute Gasteiger partial charge is 0.0575 e. The predicted molar refractivity (Wildman–Crippen MR) is 91.3 cm³/mol. The summed E-state index contributed by atoms with van der Waals surface area (Å²) < 4.78 is 1.06. The topological polar surface area (TPSA) is 12.0 Å². The molecule has 0 radical (unpaired) electrons. The molecule has 100 valence electrons. The predicted octanol–water partition coefficient (Wildman–Crippen LogP) is 5.22. The summed E-state index contributed by atoms with van der Waals surface area (Å²) in [6.07, 6.45) is 0. The van der Waals surface area contributed by atoms with Crippen LogP contribution in [-0.4, -0.2) is 7.05 Å². The van der Waals surface area contributed by atoms with Crippen LogP contribution in [0.5, 0.6) is 0 Å². The molecule has 0 aromatic heterocycles. The summed E-state index contributed by atoms with van der Waals surface area (Å²) in [5, 5.41) is 4.87. The normalized spacial score (nSPS) is 12.5. The SMILES string of the molecule is CNC(c1ccc(C)c(Cl)c1)c1ccc(I)c(Cl)c1. The van der Waals surface area contributed by atoms with Gasteiger partial charge in [0.1, 0.15) is 0 Å². The van der Waals surface area contributed by atoms with Gasteiger partial charge in [-0.3, -0.25) is 0 Å². The van der Waals surface area contributed by atoms with Gasteiger partial charge >= 0.3 is 0 Å². The minimum atomic E-state index is 0.0904. The van der Waals surface area contributed by atoms with E-state index in [-0.39, 0.29) is 6.04 Å². The lowest BCUT2D eigenvalue weighted by atomic mass is 9.98. The molecular weight excluding hydrogens is 392 g/mol. The van der Waals surface area contributed by atoms with Gasteiger partial charge in [-0.1, -0.05) is 41.4 Å². The van der Waals surface area contributed by atoms with E-state index in [0.29, 0.717) is 0 Å². The zero-order valence-electron chi connectivity index (χ0n) is 10.7. The van der Waals surface area contributed by atoms with Gasteiger partial charge in [-0.25, -0.2) is 0 Å². The zero-order valence-corrected chi connectivity index (χ0v) is 14.3. The van der Waals surface area contributed by atoms with Crippen molar-refractivity contribution in [2.45, 2.75) is 13.0 Å². The van der Waals surface area contributed by atoms with Crippen LogP contribution < -0.4 is 5.32 Å². The molecule has 0 saturated carbocycles. The van der Waals surface area contributed by atoms with E-state index < -0.39 is 0 Å². The lowest BCUT2D eigenvalue weighted by Gasteiger charge is -2.18. The highest BCUT2D eigenvalue weighted by molar-refractivity contribution is 14.1. The van der Waals surface area contributed by atoms with Crippen molar-refractivity contribution in [3.63, 3.8) is 0 Å². The van der Waals surface area contributed by atoms with E-state index in [1.165, 1.54) is 0 Å². The van der Waals surface area contributed by atoms with Crippen LogP contribution in [0.2, 0.25) is 10.0 Å². The Kier molecular flexibility index (Phi) is 5.12. The van der Waals surface area contributed by atoms with E-state index in [1.807, 2.05) is 38.2 Å². The summed E-state index contributed by atoms with van der Waals surface area (Å²) >= 11 is 14.6. The summed E-state index contributed by atoms with van der Waals surface area (Å²) in [7, 11) is 1.93. The molecule has 0 aliphatic carbocycles. The second-order valence-corrected chi connectivity index (χ2v) is 6.38. The third kappa shape index (κ3) is 3.43. The van der Waals surface area contributed by atoms with Crippen LogP contribution in [-0.2, 0) is 0 Å². The fraction of sp³-hybridized carbons (Fsp3) is 0.200. The quantitative estimate of drug-likeness (QED) is 0.690. The maximum atomic E-state index is 6.20. The largest absolute Gasteiger partial charge is 0.309 e. The maximum absolute atomic E-state index is 6.20. The lowest BCUT2D eigenvalue weighted by Crippen LogP contribution is -2.17. The number of nitrogens with one attached hydrogen (secondary N) is 1. The van der Waals surface area contributed by atoms with Crippen molar-refractivity contribution in [2.24, 2.45) is 0 Å². The van der Waals surface area contributed by atoms with Crippen molar-refractivity contribution in [1.29, 1.82) is 0 Å². The molecule has 0 aliphatic rings. The van der Waals surface area contributed by atoms with Crippen LogP contribution in [0, 0.1) is 10.5 Å². The number of aryl methyl sites for hydroxylation is 1. The molecule has 0 spiro atoms. The van der Waals surface area contributed by atoms with Gasteiger partial charge in [-0.15, -0.1) is 0 Å². The van der Waals surface area contributed by atoms with Gasteiger partial charge in [-0.2, -0.15) is 0 Å². The van der Waals surface area contributed by atoms with Crippen molar-refractivity contribution in [1.82, 2.24) is 5.32 Å². The van der Waals surface area contributed by atoms with Crippen molar-refractivity contribution in [3.8, 4) is 0 Å². The first-order valence-corrected chi connectivity index (χ1v) is 7.74. The molecule has 1 atom stereocenters. The van der Waals surface area contributed by atoms with E-state index in [4.69, 9.17) is 23.2 Å². The van der Waals surface area contributed by atoms with Crippen LogP contribution in [0.25, 0.3) is 0 Å². The highest BCUT2D eigenvalue weighted by Crippen LogP contribution is 2.29. The Balaban J connectivity index is 2.43. The second kappa shape index (κ2) is 6.44. The van der Waals surface area contributed by atoms with Crippen molar-refractivity contribution in [2.75, 3.05) is 7.05 Å². The lowest BCUT2D eigenvalue weighted by molar-refractivity contribution is 0.691. The minimum absolute atomic E-state index is 0.0904. The van der Waals surface area contributed by atoms with Crippen LogP contribution in [0.15, 0.2) is 36.4 Å². The molecule has 2 aromatic rings. The fourth-order valence-electron chi connectivity index (χ4n) is 2.01. The molecule has 2 aromatic carbocycles. The van der Waals surface area contributed by atoms with Gasteiger partial charge < -0.3 is 5.32 Å². The minimum Gasteiger partial charge on any atom is -0.309 e. The van der Waals surface area contributed by atoms with Crippen LogP contribution in [0.4, 0.5) is 0 Å². The van der Waals surface area contributed by atoms with Gasteiger partial charge in [0.25, 0.3) is 0 Å². The molecule has 0 aliphatic heterocycles. The summed E-state index contributed by atoms with van der Waals surface area (Å²) in [5.41, 5.74) is 3.35. The Bertz CT molecular complexity index is 547. The number of benzene rings is 2. The molecule has 0 fully saturated rings. The average molecular weight is 406 g/mol. The van der Waals surface area contributed by atoms with E-state index in [2.05, 4.69) is 40.0 Å². The molecule has 0 bridgehead atoms. The zero-order chi connectivity index (χ0) is 14.0. The van der Waals surface area contributed by atoms with Crippen molar-refractivity contribution < 1.29 is 0 Å². The van der Waals surface area contributed by atoms with Crippen molar-refractivity contribution in [3.05, 3.63) is 66.7 Å². The second-order valence-electron chi connectivity index (χ2n) is 4.40. The number of hydrogen-bond donors (Lipinski definition) is 1. The van der Waals surface area contributed by atoms with Gasteiger partial charge in [-0.05, 0) is 71.5 Å². The van der Waals surface area contributed by atoms with Gasteiger partial charge in [0.2, 0.25) is 0 Å². The molecule has 0 saturated heterocycles. The van der Waals surface area contributed by atoms with E-state index in [1.54, 1.807) is 0 Å². The first-order valence-electron chi connectivity index (χ1n) is 5.91. The molecule has 4 heteroatoms. The number of halogens is 3. The average Bonchev–Trinajstić information content (AvgIpc) is 2.39. The molecule has 1 nitrogen and oxygen atoms in total. The molecule has 1 unspecified atom stereocenters. The van der Waals surface area contributed by atoms with Gasteiger partial charge in [0.05, 0.1) is 11.1 Å². The monoisotopic (exact) mass is 405 g/mol. The first kappa shape index (κ1) is 15.1. The van der Waals surface area contributed by atoms with E-state index in [9.17, 15) is 0 Å². The number of rotatable bonds is 3. The summed E-state index contributed by atoms with van der Waals surface area (Å²) in [4.78, 5) is 0. The Morgan fingerprint density at radius 2 is 1.58 bits per heavy atom. The first-order chi connectivity index (χ1) is 9.02.